The minimum absolute atomic E-state index is 0.281. The fourth-order valence-electron chi connectivity index (χ4n) is 2.67. The first-order chi connectivity index (χ1) is 9.50. The van der Waals surface area contributed by atoms with Crippen LogP contribution in [0.2, 0.25) is 5.02 Å². The second-order valence-electron chi connectivity index (χ2n) is 5.49. The Balaban J connectivity index is 2.01. The molecular weight excluding hydrogens is 294 g/mol. The van der Waals surface area contributed by atoms with E-state index in [0.29, 0.717) is 17.5 Å². The number of benzene rings is 1. The van der Waals surface area contributed by atoms with Crippen molar-refractivity contribution in [1.82, 2.24) is 5.32 Å². The molecule has 0 aliphatic carbocycles. The zero-order valence-corrected chi connectivity index (χ0v) is 13.4. The summed E-state index contributed by atoms with van der Waals surface area (Å²) in [5.74, 6) is 0.619. The molecular formula is C15H22ClNO2S. The highest BCUT2D eigenvalue weighted by molar-refractivity contribution is 7.91. The topological polar surface area (TPSA) is 46.2 Å². The number of halogens is 1. The van der Waals surface area contributed by atoms with Crippen LogP contribution >= 0.6 is 11.6 Å². The normalized spacial score (nSPS) is 20.7. The van der Waals surface area contributed by atoms with Gasteiger partial charge in [0, 0.05) is 17.1 Å². The Morgan fingerprint density at radius 2 is 1.85 bits per heavy atom. The Bertz CT molecular complexity index is 513. The van der Waals surface area contributed by atoms with Crippen molar-refractivity contribution in [3.05, 3.63) is 34.9 Å². The first-order valence-corrected chi connectivity index (χ1v) is 9.42. The molecule has 0 saturated carbocycles. The predicted octanol–water partition coefficient (Wildman–Crippen LogP) is 3.35. The maximum Gasteiger partial charge on any atom is 0.150 e. The van der Waals surface area contributed by atoms with Crippen LogP contribution in [-0.2, 0) is 9.84 Å². The van der Waals surface area contributed by atoms with E-state index in [2.05, 4.69) is 24.4 Å². The van der Waals surface area contributed by atoms with Gasteiger partial charge in [0.2, 0.25) is 0 Å². The van der Waals surface area contributed by atoms with Gasteiger partial charge in [0.05, 0.1) is 11.5 Å². The van der Waals surface area contributed by atoms with Crippen LogP contribution in [0.15, 0.2) is 24.3 Å². The summed E-state index contributed by atoms with van der Waals surface area (Å²) in [4.78, 5) is 0. The van der Waals surface area contributed by atoms with Gasteiger partial charge in [-0.25, -0.2) is 8.42 Å². The van der Waals surface area contributed by atoms with Gasteiger partial charge >= 0.3 is 0 Å². The summed E-state index contributed by atoms with van der Waals surface area (Å²) in [6, 6.07) is 8.50. The van der Waals surface area contributed by atoms with E-state index in [4.69, 9.17) is 11.6 Å². The number of hydrogen-bond acceptors (Lipinski definition) is 3. The maximum atomic E-state index is 11.5. The summed E-state index contributed by atoms with van der Waals surface area (Å²) in [5, 5.41) is 4.37. The highest BCUT2D eigenvalue weighted by Gasteiger charge is 2.25. The standard InChI is InChI=1S/C15H22ClNO2S/c1-2-3-15(12-4-6-13(16)7-5-12)17-14-8-10-20(18,19)11-9-14/h4-7,14-15,17H,2-3,8-11H2,1H3. The second-order valence-corrected chi connectivity index (χ2v) is 8.23. The quantitative estimate of drug-likeness (QED) is 0.906. The first kappa shape index (κ1) is 15.8. The molecule has 1 saturated heterocycles. The van der Waals surface area contributed by atoms with E-state index >= 15 is 0 Å². The SMILES string of the molecule is CCCC(NC1CCS(=O)(=O)CC1)c1ccc(Cl)cc1. The highest BCUT2D eigenvalue weighted by Crippen LogP contribution is 2.23. The molecule has 1 unspecified atom stereocenters. The zero-order chi connectivity index (χ0) is 14.6. The predicted molar refractivity (Wildman–Crippen MR) is 83.9 cm³/mol. The molecule has 112 valence electrons. The molecule has 0 spiro atoms. The van der Waals surface area contributed by atoms with Crippen molar-refractivity contribution in [2.75, 3.05) is 11.5 Å². The third kappa shape index (κ3) is 4.47. The van der Waals surface area contributed by atoms with Crippen molar-refractivity contribution in [2.24, 2.45) is 0 Å². The van der Waals surface area contributed by atoms with Crippen molar-refractivity contribution < 1.29 is 8.42 Å². The largest absolute Gasteiger partial charge is 0.307 e. The third-order valence-corrected chi connectivity index (χ3v) is 5.81. The Hall–Kier alpha value is -0.580. The molecule has 0 aromatic heterocycles. The number of rotatable bonds is 5. The van der Waals surface area contributed by atoms with Crippen molar-refractivity contribution in [3.63, 3.8) is 0 Å². The Kier molecular flexibility index (Phi) is 5.47. The van der Waals surface area contributed by atoms with Gasteiger partial charge in [-0.3, -0.25) is 0 Å². The Labute approximate surface area is 126 Å². The lowest BCUT2D eigenvalue weighted by molar-refractivity contribution is 0.388. The van der Waals surface area contributed by atoms with Crippen molar-refractivity contribution in [3.8, 4) is 0 Å². The van der Waals surface area contributed by atoms with E-state index in [9.17, 15) is 8.42 Å². The number of sulfone groups is 1. The summed E-state index contributed by atoms with van der Waals surface area (Å²) in [7, 11) is -2.79. The molecule has 5 heteroatoms. The summed E-state index contributed by atoms with van der Waals surface area (Å²) < 4.78 is 22.9. The first-order valence-electron chi connectivity index (χ1n) is 7.22. The monoisotopic (exact) mass is 315 g/mol. The van der Waals surface area contributed by atoms with Gasteiger partial charge in [-0.05, 0) is 37.0 Å². The molecule has 1 aliphatic rings. The molecule has 1 heterocycles. The fraction of sp³-hybridized carbons (Fsp3) is 0.600. The molecule has 0 radical (unpaired) electrons. The van der Waals surface area contributed by atoms with E-state index in [1.807, 2.05) is 12.1 Å². The van der Waals surface area contributed by atoms with Gasteiger partial charge < -0.3 is 5.32 Å². The Morgan fingerprint density at radius 1 is 1.25 bits per heavy atom. The molecule has 0 bridgehead atoms. The van der Waals surface area contributed by atoms with Gasteiger partial charge in [0.15, 0.2) is 0 Å². The van der Waals surface area contributed by atoms with Crippen LogP contribution in [0.3, 0.4) is 0 Å². The molecule has 2 rings (SSSR count). The Morgan fingerprint density at radius 3 is 2.40 bits per heavy atom. The summed E-state index contributed by atoms with van der Waals surface area (Å²) in [5.41, 5.74) is 1.23. The number of hydrogen-bond donors (Lipinski definition) is 1. The van der Waals surface area contributed by atoms with Crippen molar-refractivity contribution in [2.45, 2.75) is 44.7 Å². The van der Waals surface area contributed by atoms with Gasteiger partial charge in [-0.15, -0.1) is 0 Å². The molecule has 1 atom stereocenters. The van der Waals surface area contributed by atoms with Gasteiger partial charge in [0.1, 0.15) is 9.84 Å². The molecule has 1 aliphatic heterocycles. The van der Waals surface area contributed by atoms with Crippen LogP contribution < -0.4 is 5.32 Å². The van der Waals surface area contributed by atoms with Gasteiger partial charge in [-0.2, -0.15) is 0 Å². The smallest absolute Gasteiger partial charge is 0.150 e. The fourth-order valence-corrected chi connectivity index (χ4v) is 4.29. The van der Waals surface area contributed by atoms with Gasteiger partial charge in [0.25, 0.3) is 0 Å². The minimum atomic E-state index is -2.79. The molecule has 1 fully saturated rings. The van der Waals surface area contributed by atoms with E-state index < -0.39 is 9.84 Å². The summed E-state index contributed by atoms with van der Waals surface area (Å²) in [6.07, 6.45) is 3.57. The molecule has 1 aromatic rings. The van der Waals surface area contributed by atoms with Crippen LogP contribution in [-0.4, -0.2) is 26.0 Å². The molecule has 1 aromatic carbocycles. The van der Waals surface area contributed by atoms with E-state index in [-0.39, 0.29) is 6.04 Å². The van der Waals surface area contributed by atoms with Crippen LogP contribution in [0.4, 0.5) is 0 Å². The molecule has 1 N–H and O–H groups in total. The molecule has 0 amide bonds. The van der Waals surface area contributed by atoms with E-state index in [1.54, 1.807) is 0 Å². The highest BCUT2D eigenvalue weighted by atomic mass is 35.5. The molecule has 20 heavy (non-hydrogen) atoms. The summed E-state index contributed by atoms with van der Waals surface area (Å²) in [6.45, 7) is 2.16. The van der Waals surface area contributed by atoms with Crippen molar-refractivity contribution in [1.29, 1.82) is 0 Å². The lowest BCUT2D eigenvalue weighted by Crippen LogP contribution is -2.39. The van der Waals surface area contributed by atoms with Crippen LogP contribution in [0.1, 0.15) is 44.2 Å². The second kappa shape index (κ2) is 6.92. The lowest BCUT2D eigenvalue weighted by atomic mass is 10.00. The van der Waals surface area contributed by atoms with Crippen LogP contribution in [0.5, 0.6) is 0 Å². The average molecular weight is 316 g/mol. The maximum absolute atomic E-state index is 11.5. The minimum Gasteiger partial charge on any atom is -0.307 e. The van der Waals surface area contributed by atoms with E-state index in [1.165, 1.54) is 5.56 Å². The van der Waals surface area contributed by atoms with E-state index in [0.717, 1.165) is 30.7 Å². The van der Waals surface area contributed by atoms with Crippen LogP contribution in [0, 0.1) is 0 Å². The summed E-state index contributed by atoms with van der Waals surface area (Å²) >= 11 is 5.93. The van der Waals surface area contributed by atoms with Crippen molar-refractivity contribution >= 4 is 21.4 Å². The average Bonchev–Trinajstić information content (AvgIpc) is 2.41. The van der Waals surface area contributed by atoms with Gasteiger partial charge in [-0.1, -0.05) is 37.1 Å². The number of nitrogens with one attached hydrogen (secondary N) is 1. The third-order valence-electron chi connectivity index (χ3n) is 3.84. The molecule has 3 nitrogen and oxygen atoms in total. The van der Waals surface area contributed by atoms with Crippen LogP contribution in [0.25, 0.3) is 0 Å². The zero-order valence-electron chi connectivity index (χ0n) is 11.8. The lowest BCUT2D eigenvalue weighted by Gasteiger charge is -2.28.